The van der Waals surface area contributed by atoms with Crippen LogP contribution in [-0.2, 0) is 0 Å². The van der Waals surface area contributed by atoms with Gasteiger partial charge in [0.25, 0.3) is 0 Å². The molecule has 16 heavy (non-hydrogen) atoms. The van der Waals surface area contributed by atoms with Gasteiger partial charge in [0.15, 0.2) is 0 Å². The van der Waals surface area contributed by atoms with E-state index < -0.39 is 0 Å². The summed E-state index contributed by atoms with van der Waals surface area (Å²) in [6, 6.07) is 3.60. The summed E-state index contributed by atoms with van der Waals surface area (Å²) < 4.78 is 5.05. The lowest BCUT2D eigenvalue weighted by Crippen LogP contribution is -2.43. The molecule has 0 spiro atoms. The summed E-state index contributed by atoms with van der Waals surface area (Å²) in [7, 11) is 0. The fourth-order valence-corrected chi connectivity index (χ4v) is 2.20. The summed E-state index contributed by atoms with van der Waals surface area (Å²) in [4.78, 5) is 11.6. The standard InChI is InChI=1S/C12H18N2O2/c1-9-5-2-3-6-10(9)13-12(15)14-11-7-4-8-16-11/h4,7-10H,2-3,5-6H2,1H3,(H2,13,14,15). The Balaban J connectivity index is 1.82. The Bertz CT molecular complexity index is 335. The number of urea groups is 1. The minimum Gasteiger partial charge on any atom is -0.449 e. The van der Waals surface area contributed by atoms with E-state index in [9.17, 15) is 4.79 Å². The minimum absolute atomic E-state index is 0.172. The first-order valence-electron chi connectivity index (χ1n) is 5.87. The van der Waals surface area contributed by atoms with Crippen molar-refractivity contribution in [3.05, 3.63) is 18.4 Å². The molecule has 0 aromatic carbocycles. The molecule has 1 aromatic rings. The molecule has 1 aliphatic rings. The number of amides is 2. The molecule has 0 aliphatic heterocycles. The van der Waals surface area contributed by atoms with Crippen LogP contribution >= 0.6 is 0 Å². The zero-order valence-corrected chi connectivity index (χ0v) is 9.53. The van der Waals surface area contributed by atoms with Crippen molar-refractivity contribution in [1.82, 2.24) is 5.32 Å². The molecule has 2 N–H and O–H groups in total. The van der Waals surface area contributed by atoms with Gasteiger partial charge in [0, 0.05) is 12.1 Å². The van der Waals surface area contributed by atoms with Gasteiger partial charge in [-0.25, -0.2) is 4.79 Å². The van der Waals surface area contributed by atoms with E-state index in [1.807, 2.05) is 0 Å². The van der Waals surface area contributed by atoms with Gasteiger partial charge in [-0.2, -0.15) is 0 Å². The van der Waals surface area contributed by atoms with E-state index >= 15 is 0 Å². The van der Waals surface area contributed by atoms with Crippen LogP contribution in [0.5, 0.6) is 0 Å². The highest BCUT2D eigenvalue weighted by atomic mass is 16.3. The summed E-state index contributed by atoms with van der Waals surface area (Å²) in [5.41, 5.74) is 0. The normalized spacial score (nSPS) is 25.1. The van der Waals surface area contributed by atoms with Crippen molar-refractivity contribution in [2.45, 2.75) is 38.6 Å². The molecular weight excluding hydrogens is 204 g/mol. The second kappa shape index (κ2) is 5.05. The molecule has 2 amide bonds. The van der Waals surface area contributed by atoms with Gasteiger partial charge in [-0.1, -0.05) is 19.8 Å². The topological polar surface area (TPSA) is 54.3 Å². The number of anilines is 1. The third kappa shape index (κ3) is 2.78. The van der Waals surface area contributed by atoms with E-state index in [2.05, 4.69) is 17.6 Å². The van der Waals surface area contributed by atoms with Crippen molar-refractivity contribution in [3.63, 3.8) is 0 Å². The Hall–Kier alpha value is -1.45. The van der Waals surface area contributed by atoms with Crippen LogP contribution in [0.4, 0.5) is 10.7 Å². The lowest BCUT2D eigenvalue weighted by Gasteiger charge is -2.29. The molecule has 2 unspecified atom stereocenters. The molecule has 1 aliphatic carbocycles. The fraction of sp³-hybridized carbons (Fsp3) is 0.583. The highest BCUT2D eigenvalue weighted by Gasteiger charge is 2.22. The molecular formula is C12H18N2O2. The first-order chi connectivity index (χ1) is 7.75. The fourth-order valence-electron chi connectivity index (χ4n) is 2.20. The van der Waals surface area contributed by atoms with Crippen molar-refractivity contribution >= 4 is 11.9 Å². The third-order valence-corrected chi connectivity index (χ3v) is 3.19. The number of hydrogen-bond acceptors (Lipinski definition) is 2. The molecule has 4 heteroatoms. The Morgan fingerprint density at radius 2 is 2.25 bits per heavy atom. The summed E-state index contributed by atoms with van der Waals surface area (Å²) in [6.45, 7) is 2.19. The van der Waals surface area contributed by atoms with E-state index in [1.54, 1.807) is 18.4 Å². The van der Waals surface area contributed by atoms with Gasteiger partial charge in [0.1, 0.15) is 0 Å². The van der Waals surface area contributed by atoms with Crippen molar-refractivity contribution < 1.29 is 9.21 Å². The van der Waals surface area contributed by atoms with Crippen molar-refractivity contribution in [2.75, 3.05) is 5.32 Å². The summed E-state index contributed by atoms with van der Waals surface area (Å²) in [6.07, 6.45) is 6.30. The van der Waals surface area contributed by atoms with Crippen LogP contribution < -0.4 is 10.6 Å². The van der Waals surface area contributed by atoms with Crippen molar-refractivity contribution in [1.29, 1.82) is 0 Å². The summed E-state index contributed by atoms with van der Waals surface area (Å²) >= 11 is 0. The Labute approximate surface area is 95.4 Å². The molecule has 1 saturated carbocycles. The number of rotatable bonds is 2. The van der Waals surface area contributed by atoms with Gasteiger partial charge >= 0.3 is 6.03 Å². The van der Waals surface area contributed by atoms with Gasteiger partial charge in [-0.15, -0.1) is 0 Å². The van der Waals surface area contributed by atoms with E-state index in [1.165, 1.54) is 19.3 Å². The van der Waals surface area contributed by atoms with Crippen molar-refractivity contribution in [3.8, 4) is 0 Å². The first-order valence-corrected chi connectivity index (χ1v) is 5.87. The molecule has 1 aromatic heterocycles. The van der Waals surface area contributed by atoms with E-state index in [0.717, 1.165) is 6.42 Å². The zero-order valence-electron chi connectivity index (χ0n) is 9.53. The van der Waals surface area contributed by atoms with Crippen LogP contribution in [0.3, 0.4) is 0 Å². The molecule has 0 saturated heterocycles. The lowest BCUT2D eigenvalue weighted by molar-refractivity contribution is 0.232. The number of carbonyl (C=O) groups is 1. The maximum absolute atomic E-state index is 11.6. The number of carbonyl (C=O) groups excluding carboxylic acids is 1. The van der Waals surface area contributed by atoms with Crippen LogP contribution in [0.15, 0.2) is 22.8 Å². The average molecular weight is 222 g/mol. The minimum atomic E-state index is -0.172. The quantitative estimate of drug-likeness (QED) is 0.808. The SMILES string of the molecule is CC1CCCCC1NC(=O)Nc1ccco1. The van der Waals surface area contributed by atoms with Gasteiger partial charge in [-0.05, 0) is 24.8 Å². The van der Waals surface area contributed by atoms with Crippen LogP contribution in [-0.4, -0.2) is 12.1 Å². The predicted octanol–water partition coefficient (Wildman–Crippen LogP) is 2.98. The predicted molar refractivity (Wildman–Crippen MR) is 62.3 cm³/mol. The summed E-state index contributed by atoms with van der Waals surface area (Å²) in [5, 5.41) is 5.67. The highest BCUT2D eigenvalue weighted by Crippen LogP contribution is 2.23. The average Bonchev–Trinajstić information content (AvgIpc) is 2.74. The van der Waals surface area contributed by atoms with Gasteiger partial charge in [0.2, 0.25) is 5.88 Å². The van der Waals surface area contributed by atoms with Gasteiger partial charge in [0.05, 0.1) is 6.26 Å². The van der Waals surface area contributed by atoms with Crippen molar-refractivity contribution in [2.24, 2.45) is 5.92 Å². The van der Waals surface area contributed by atoms with Gasteiger partial charge in [-0.3, -0.25) is 5.32 Å². The largest absolute Gasteiger partial charge is 0.449 e. The molecule has 88 valence electrons. The molecule has 0 radical (unpaired) electrons. The molecule has 0 bridgehead atoms. The lowest BCUT2D eigenvalue weighted by atomic mass is 9.86. The Morgan fingerprint density at radius 3 is 2.94 bits per heavy atom. The number of nitrogens with one attached hydrogen (secondary N) is 2. The molecule has 1 fully saturated rings. The number of hydrogen-bond donors (Lipinski definition) is 2. The number of furan rings is 1. The van der Waals surface area contributed by atoms with Crippen LogP contribution in [0.25, 0.3) is 0 Å². The van der Waals surface area contributed by atoms with E-state index in [-0.39, 0.29) is 6.03 Å². The van der Waals surface area contributed by atoms with Gasteiger partial charge < -0.3 is 9.73 Å². The zero-order chi connectivity index (χ0) is 11.4. The van der Waals surface area contributed by atoms with Crippen LogP contribution in [0, 0.1) is 5.92 Å². The van der Waals surface area contributed by atoms with Crippen LogP contribution in [0.1, 0.15) is 32.6 Å². The van der Waals surface area contributed by atoms with Crippen LogP contribution in [0.2, 0.25) is 0 Å². The first kappa shape index (κ1) is 11.0. The monoisotopic (exact) mass is 222 g/mol. The smallest absolute Gasteiger partial charge is 0.321 e. The Kier molecular flexibility index (Phi) is 3.49. The second-order valence-electron chi connectivity index (χ2n) is 4.44. The molecule has 4 nitrogen and oxygen atoms in total. The highest BCUT2D eigenvalue weighted by molar-refractivity contribution is 5.87. The Morgan fingerprint density at radius 1 is 1.44 bits per heavy atom. The second-order valence-corrected chi connectivity index (χ2v) is 4.44. The third-order valence-electron chi connectivity index (χ3n) is 3.19. The molecule has 2 atom stereocenters. The van der Waals surface area contributed by atoms with E-state index in [0.29, 0.717) is 17.8 Å². The molecule has 2 rings (SSSR count). The summed E-state index contributed by atoms with van der Waals surface area (Å²) in [5.74, 6) is 1.05. The molecule has 1 heterocycles. The van der Waals surface area contributed by atoms with E-state index in [4.69, 9.17) is 4.42 Å². The maximum atomic E-state index is 11.6. The maximum Gasteiger partial charge on any atom is 0.321 e.